The summed E-state index contributed by atoms with van der Waals surface area (Å²) in [7, 11) is -1.23. The molecule has 0 aliphatic rings. The van der Waals surface area contributed by atoms with Crippen molar-refractivity contribution in [1.29, 1.82) is 0 Å². The van der Waals surface area contributed by atoms with Gasteiger partial charge in [-0.2, -0.15) is 0 Å². The highest BCUT2D eigenvalue weighted by atomic mass is 28.3. The van der Waals surface area contributed by atoms with Crippen LogP contribution in [-0.4, -0.2) is 46.7 Å². The zero-order chi connectivity index (χ0) is 12.4. The first-order valence-corrected chi connectivity index (χ1v) is 9.67. The van der Waals surface area contributed by atoms with E-state index in [2.05, 4.69) is 19.6 Å². The molecule has 0 spiro atoms. The Morgan fingerprint density at radius 1 is 1.00 bits per heavy atom. The van der Waals surface area contributed by atoms with Crippen LogP contribution in [0.2, 0.25) is 19.6 Å². The van der Waals surface area contributed by atoms with E-state index in [9.17, 15) is 0 Å². The minimum absolute atomic E-state index is 0.237. The van der Waals surface area contributed by atoms with Gasteiger partial charge in [-0.15, -0.1) is 0 Å². The predicted octanol–water partition coefficient (Wildman–Crippen LogP) is 0.963. The van der Waals surface area contributed by atoms with Crippen LogP contribution in [0.1, 0.15) is 12.8 Å². The molecule has 0 fully saturated rings. The van der Waals surface area contributed by atoms with Crippen molar-refractivity contribution < 1.29 is 9.47 Å². The molecule has 0 aromatic carbocycles. The first-order chi connectivity index (χ1) is 7.48. The summed E-state index contributed by atoms with van der Waals surface area (Å²) in [6.07, 6.45) is 2.06. The van der Waals surface area contributed by atoms with Crippen LogP contribution < -0.4 is 11.5 Å². The van der Waals surface area contributed by atoms with Crippen molar-refractivity contribution in [3.05, 3.63) is 0 Å². The fourth-order valence-electron chi connectivity index (χ4n) is 1.05. The van der Waals surface area contributed by atoms with Gasteiger partial charge in [-0.1, -0.05) is 19.6 Å². The second kappa shape index (κ2) is 9.12. The number of hydrogen-bond donors (Lipinski definition) is 2. The lowest BCUT2D eigenvalue weighted by molar-refractivity contribution is 0.105. The SMILES string of the molecule is C[Si](C)(C)C(N)COCCCCOCCN. The summed E-state index contributed by atoms with van der Waals surface area (Å²) >= 11 is 0. The van der Waals surface area contributed by atoms with Crippen molar-refractivity contribution in [2.24, 2.45) is 11.5 Å². The van der Waals surface area contributed by atoms with Crippen LogP contribution in [-0.2, 0) is 9.47 Å². The minimum Gasteiger partial charge on any atom is -0.380 e. The molecule has 0 radical (unpaired) electrons. The number of nitrogens with two attached hydrogens (primary N) is 2. The van der Waals surface area contributed by atoms with Crippen molar-refractivity contribution in [1.82, 2.24) is 0 Å². The highest BCUT2D eigenvalue weighted by Gasteiger charge is 2.22. The van der Waals surface area contributed by atoms with Gasteiger partial charge in [-0.3, -0.25) is 0 Å². The third-order valence-corrected chi connectivity index (χ3v) is 4.89. The molecular formula is C11H28N2O2Si. The summed E-state index contributed by atoms with van der Waals surface area (Å²) in [6.45, 7) is 10.3. The average Bonchev–Trinajstić information content (AvgIpc) is 2.20. The molecule has 0 saturated carbocycles. The Morgan fingerprint density at radius 2 is 1.56 bits per heavy atom. The summed E-state index contributed by atoms with van der Waals surface area (Å²) in [4.78, 5) is 0. The molecule has 4 nitrogen and oxygen atoms in total. The zero-order valence-corrected chi connectivity index (χ0v) is 12.0. The van der Waals surface area contributed by atoms with Crippen LogP contribution in [0, 0.1) is 0 Å². The van der Waals surface area contributed by atoms with E-state index in [-0.39, 0.29) is 5.67 Å². The maximum atomic E-state index is 6.03. The van der Waals surface area contributed by atoms with Gasteiger partial charge in [0.15, 0.2) is 0 Å². The van der Waals surface area contributed by atoms with E-state index < -0.39 is 8.07 Å². The maximum absolute atomic E-state index is 6.03. The normalized spacial score (nSPS) is 14.1. The maximum Gasteiger partial charge on any atom is 0.0661 e. The average molecular weight is 248 g/mol. The van der Waals surface area contributed by atoms with Crippen LogP contribution in [0.5, 0.6) is 0 Å². The van der Waals surface area contributed by atoms with Crippen LogP contribution in [0.15, 0.2) is 0 Å². The van der Waals surface area contributed by atoms with Crippen LogP contribution in [0.3, 0.4) is 0 Å². The molecular weight excluding hydrogens is 220 g/mol. The van der Waals surface area contributed by atoms with Gasteiger partial charge in [0.2, 0.25) is 0 Å². The number of ether oxygens (including phenoxy) is 2. The van der Waals surface area contributed by atoms with E-state index in [4.69, 9.17) is 20.9 Å². The lowest BCUT2D eigenvalue weighted by Gasteiger charge is -2.24. The molecule has 16 heavy (non-hydrogen) atoms. The number of hydrogen-bond acceptors (Lipinski definition) is 4. The van der Waals surface area contributed by atoms with E-state index in [1.807, 2.05) is 0 Å². The van der Waals surface area contributed by atoms with E-state index in [1.54, 1.807) is 0 Å². The molecule has 1 unspecified atom stereocenters. The van der Waals surface area contributed by atoms with Crippen molar-refractivity contribution in [2.75, 3.05) is 33.0 Å². The summed E-state index contributed by atoms with van der Waals surface area (Å²) in [5.74, 6) is 0. The Bertz CT molecular complexity index is 163. The molecule has 4 N–H and O–H groups in total. The third-order valence-electron chi connectivity index (χ3n) is 2.50. The van der Waals surface area contributed by atoms with Crippen LogP contribution in [0.4, 0.5) is 0 Å². The van der Waals surface area contributed by atoms with Gasteiger partial charge >= 0.3 is 0 Å². The molecule has 0 rings (SSSR count). The van der Waals surface area contributed by atoms with E-state index in [0.717, 1.165) is 26.1 Å². The minimum atomic E-state index is -1.23. The van der Waals surface area contributed by atoms with Gasteiger partial charge in [-0.25, -0.2) is 0 Å². The van der Waals surface area contributed by atoms with E-state index in [0.29, 0.717) is 19.8 Å². The molecule has 0 bridgehead atoms. The highest BCUT2D eigenvalue weighted by Crippen LogP contribution is 2.05. The van der Waals surface area contributed by atoms with Gasteiger partial charge in [0.05, 0.1) is 21.3 Å². The predicted molar refractivity (Wildman–Crippen MR) is 71.2 cm³/mol. The standard InChI is InChI=1S/C11H28N2O2Si/c1-16(2,3)11(13)10-15-8-5-4-7-14-9-6-12/h11H,4-10,12-13H2,1-3H3. The fraction of sp³-hybridized carbons (Fsp3) is 1.00. The summed E-state index contributed by atoms with van der Waals surface area (Å²) in [5, 5.41) is 0. The molecule has 0 aliphatic heterocycles. The van der Waals surface area contributed by atoms with Crippen LogP contribution >= 0.6 is 0 Å². The zero-order valence-electron chi connectivity index (χ0n) is 11.0. The Morgan fingerprint density at radius 3 is 2.06 bits per heavy atom. The molecule has 5 heteroatoms. The summed E-state index contributed by atoms with van der Waals surface area (Å²) in [5.41, 5.74) is 11.6. The smallest absolute Gasteiger partial charge is 0.0661 e. The van der Waals surface area contributed by atoms with Crippen molar-refractivity contribution in [3.63, 3.8) is 0 Å². The van der Waals surface area contributed by atoms with Gasteiger partial charge in [0.1, 0.15) is 0 Å². The monoisotopic (exact) mass is 248 g/mol. The number of unbranched alkanes of at least 4 members (excludes halogenated alkanes) is 1. The fourth-order valence-corrected chi connectivity index (χ4v) is 1.67. The van der Waals surface area contributed by atoms with Crippen molar-refractivity contribution in [3.8, 4) is 0 Å². The molecule has 98 valence electrons. The van der Waals surface area contributed by atoms with Gasteiger partial charge in [0, 0.05) is 25.4 Å². The third kappa shape index (κ3) is 9.29. The Balaban J connectivity index is 3.21. The molecule has 0 aliphatic carbocycles. The van der Waals surface area contributed by atoms with Crippen LogP contribution in [0.25, 0.3) is 0 Å². The molecule has 0 aromatic heterocycles. The van der Waals surface area contributed by atoms with Gasteiger partial charge < -0.3 is 20.9 Å². The first-order valence-electron chi connectivity index (χ1n) is 6.09. The van der Waals surface area contributed by atoms with Gasteiger partial charge in [-0.05, 0) is 12.8 Å². The molecule has 0 aromatic rings. The lowest BCUT2D eigenvalue weighted by Crippen LogP contribution is -2.48. The second-order valence-corrected chi connectivity index (χ2v) is 10.6. The van der Waals surface area contributed by atoms with Crippen molar-refractivity contribution in [2.45, 2.75) is 38.1 Å². The summed E-state index contributed by atoms with van der Waals surface area (Å²) in [6, 6.07) is 0. The Kier molecular flexibility index (Phi) is 9.16. The molecule has 0 heterocycles. The quantitative estimate of drug-likeness (QED) is 0.446. The Labute approximate surface area is 101 Å². The molecule has 1 atom stereocenters. The Hall–Kier alpha value is 0.0569. The first kappa shape index (κ1) is 16.1. The topological polar surface area (TPSA) is 70.5 Å². The second-order valence-electron chi connectivity index (χ2n) is 5.16. The van der Waals surface area contributed by atoms with Gasteiger partial charge in [0.25, 0.3) is 0 Å². The molecule has 0 amide bonds. The van der Waals surface area contributed by atoms with Crippen molar-refractivity contribution >= 4 is 8.07 Å². The van der Waals surface area contributed by atoms with E-state index >= 15 is 0 Å². The molecule has 0 saturated heterocycles. The largest absolute Gasteiger partial charge is 0.380 e. The highest BCUT2D eigenvalue weighted by molar-refractivity contribution is 6.77. The van der Waals surface area contributed by atoms with E-state index in [1.165, 1.54) is 0 Å². The number of rotatable bonds is 10. The lowest BCUT2D eigenvalue weighted by atomic mass is 10.3. The summed E-state index contributed by atoms with van der Waals surface area (Å²) < 4.78 is 10.8.